The zero-order valence-corrected chi connectivity index (χ0v) is 18.3. The molecule has 1 N–H and O–H groups in total. The van der Waals surface area contributed by atoms with Gasteiger partial charge in [-0.15, -0.1) is 11.3 Å². The van der Waals surface area contributed by atoms with E-state index in [1.165, 1.54) is 18.2 Å². The van der Waals surface area contributed by atoms with E-state index < -0.39 is 11.6 Å². The Morgan fingerprint density at radius 2 is 1.70 bits per heavy atom. The van der Waals surface area contributed by atoms with Crippen LogP contribution in [-0.4, -0.2) is 25.1 Å². The second kappa shape index (κ2) is 8.44. The largest absolute Gasteiger partial charge is 0.324 e. The second-order valence-corrected chi connectivity index (χ2v) is 8.34. The third kappa shape index (κ3) is 4.18. The van der Waals surface area contributed by atoms with Crippen LogP contribution in [0.1, 0.15) is 13.0 Å². The average molecular weight is 460 g/mol. The number of fused-ring (bicyclic) bond motifs is 1. The summed E-state index contributed by atoms with van der Waals surface area (Å²) in [5, 5.41) is 9.11. The second-order valence-electron chi connectivity index (χ2n) is 7.47. The van der Waals surface area contributed by atoms with E-state index in [4.69, 9.17) is 0 Å². The van der Waals surface area contributed by atoms with Gasteiger partial charge in [-0.2, -0.15) is 5.10 Å². The minimum Gasteiger partial charge on any atom is -0.324 e. The van der Waals surface area contributed by atoms with Crippen LogP contribution in [0.25, 0.3) is 27.5 Å². The van der Waals surface area contributed by atoms with Crippen LogP contribution in [0.5, 0.6) is 0 Å². The van der Waals surface area contributed by atoms with Gasteiger partial charge in [0.1, 0.15) is 11.9 Å². The van der Waals surface area contributed by atoms with Crippen molar-refractivity contribution in [3.8, 4) is 22.5 Å². The summed E-state index contributed by atoms with van der Waals surface area (Å²) in [7, 11) is 0. The molecule has 3 heterocycles. The molecule has 0 fully saturated rings. The van der Waals surface area contributed by atoms with Crippen molar-refractivity contribution >= 4 is 27.9 Å². The van der Waals surface area contributed by atoms with Crippen LogP contribution in [0.15, 0.2) is 83.2 Å². The summed E-state index contributed by atoms with van der Waals surface area (Å²) in [6, 6.07) is 15.2. The molecule has 7 nitrogen and oxygen atoms in total. The standard InChI is InChI=1S/C24H18FN5O2S/c1-15(30-22(31)11-10-20(28-30)16-2-6-18(25)7-3-16)23(32)26-19-8-4-17(5-9-19)21-14-29-12-13-33-24(29)27-21/h2-15H,1H3,(H,26,32)/t15-/m0/s1. The van der Waals surface area contributed by atoms with Crippen molar-refractivity contribution in [3.05, 3.63) is 94.6 Å². The Kier molecular flexibility index (Phi) is 5.31. The van der Waals surface area contributed by atoms with Crippen LogP contribution >= 0.6 is 11.3 Å². The van der Waals surface area contributed by atoms with E-state index in [1.807, 2.05) is 34.3 Å². The molecule has 9 heteroatoms. The molecule has 5 rings (SSSR count). The van der Waals surface area contributed by atoms with Gasteiger partial charge in [-0.1, -0.05) is 12.1 Å². The molecule has 0 radical (unpaired) electrons. The molecule has 5 aromatic rings. The number of hydrogen-bond acceptors (Lipinski definition) is 5. The molecule has 164 valence electrons. The number of hydrogen-bond donors (Lipinski definition) is 1. The van der Waals surface area contributed by atoms with Crippen LogP contribution in [0, 0.1) is 5.82 Å². The van der Waals surface area contributed by atoms with Crippen LogP contribution in [0.3, 0.4) is 0 Å². The van der Waals surface area contributed by atoms with Gasteiger partial charge in [0.2, 0.25) is 5.91 Å². The van der Waals surface area contributed by atoms with E-state index in [-0.39, 0.29) is 11.7 Å². The van der Waals surface area contributed by atoms with Crippen LogP contribution in [-0.2, 0) is 4.79 Å². The number of carbonyl (C=O) groups excluding carboxylic acids is 1. The molecule has 0 bridgehead atoms. The summed E-state index contributed by atoms with van der Waals surface area (Å²) < 4.78 is 16.3. The molecule has 0 aliphatic heterocycles. The lowest BCUT2D eigenvalue weighted by atomic mass is 10.1. The first-order valence-corrected chi connectivity index (χ1v) is 11.1. The van der Waals surface area contributed by atoms with Gasteiger partial charge in [0, 0.05) is 40.7 Å². The first kappa shape index (κ1) is 20.8. The van der Waals surface area contributed by atoms with Gasteiger partial charge in [0.15, 0.2) is 4.96 Å². The summed E-state index contributed by atoms with van der Waals surface area (Å²) >= 11 is 1.56. The fraction of sp³-hybridized carbons (Fsp3) is 0.0833. The predicted molar refractivity (Wildman–Crippen MR) is 126 cm³/mol. The Hall–Kier alpha value is -4.11. The quantitative estimate of drug-likeness (QED) is 0.416. The summed E-state index contributed by atoms with van der Waals surface area (Å²) in [5.41, 5.74) is 3.09. The van der Waals surface area contributed by atoms with Crippen molar-refractivity contribution in [1.82, 2.24) is 19.2 Å². The zero-order chi connectivity index (χ0) is 22.9. The smallest absolute Gasteiger partial charge is 0.267 e. The van der Waals surface area contributed by atoms with Crippen LogP contribution in [0.4, 0.5) is 10.1 Å². The van der Waals surface area contributed by atoms with E-state index in [0.717, 1.165) is 20.9 Å². The number of halogens is 1. The molecule has 0 unspecified atom stereocenters. The van der Waals surface area contributed by atoms with Crippen molar-refractivity contribution in [1.29, 1.82) is 0 Å². The summed E-state index contributed by atoms with van der Waals surface area (Å²) in [4.78, 5) is 30.7. The lowest BCUT2D eigenvalue weighted by molar-refractivity contribution is -0.119. The summed E-state index contributed by atoms with van der Waals surface area (Å²) in [6.45, 7) is 1.60. The van der Waals surface area contributed by atoms with Gasteiger partial charge in [0.25, 0.3) is 5.56 Å². The highest BCUT2D eigenvalue weighted by atomic mass is 32.1. The predicted octanol–water partition coefficient (Wildman–Crippen LogP) is 4.63. The van der Waals surface area contributed by atoms with Gasteiger partial charge in [0.05, 0.1) is 11.4 Å². The molecule has 1 atom stereocenters. The normalized spacial score (nSPS) is 12.1. The minimum atomic E-state index is -0.850. The molecule has 0 aliphatic rings. The Balaban J connectivity index is 1.33. The maximum atomic E-state index is 13.2. The van der Waals surface area contributed by atoms with E-state index in [2.05, 4.69) is 15.4 Å². The molecule has 0 saturated heterocycles. The summed E-state index contributed by atoms with van der Waals surface area (Å²) in [6.07, 6.45) is 3.90. The maximum absolute atomic E-state index is 13.2. The average Bonchev–Trinajstić information content (AvgIpc) is 3.43. The molecule has 33 heavy (non-hydrogen) atoms. The SMILES string of the molecule is C[C@@H](C(=O)Nc1ccc(-c2cn3ccsc3n2)cc1)n1nc(-c2ccc(F)cc2)ccc1=O. The number of nitrogens with zero attached hydrogens (tertiary/aromatic N) is 4. The number of anilines is 1. The third-order valence-electron chi connectivity index (χ3n) is 5.25. The number of aromatic nitrogens is 4. The maximum Gasteiger partial charge on any atom is 0.267 e. The monoisotopic (exact) mass is 459 g/mol. The highest BCUT2D eigenvalue weighted by Gasteiger charge is 2.18. The topological polar surface area (TPSA) is 81.3 Å². The van der Waals surface area contributed by atoms with E-state index in [1.54, 1.807) is 48.6 Å². The van der Waals surface area contributed by atoms with Crippen molar-refractivity contribution in [2.75, 3.05) is 5.32 Å². The Morgan fingerprint density at radius 1 is 1.00 bits per heavy atom. The molecule has 0 saturated carbocycles. The van der Waals surface area contributed by atoms with E-state index in [9.17, 15) is 14.0 Å². The Morgan fingerprint density at radius 3 is 2.42 bits per heavy atom. The number of nitrogens with one attached hydrogen (secondary N) is 1. The van der Waals surface area contributed by atoms with Gasteiger partial charge in [-0.25, -0.2) is 14.1 Å². The zero-order valence-electron chi connectivity index (χ0n) is 17.5. The fourth-order valence-electron chi connectivity index (χ4n) is 3.43. The molecule has 2 aromatic carbocycles. The van der Waals surface area contributed by atoms with Crippen molar-refractivity contribution in [2.45, 2.75) is 13.0 Å². The van der Waals surface area contributed by atoms with Crippen molar-refractivity contribution in [2.24, 2.45) is 0 Å². The summed E-state index contributed by atoms with van der Waals surface area (Å²) in [5.74, 6) is -0.741. The molecular weight excluding hydrogens is 441 g/mol. The van der Waals surface area contributed by atoms with Crippen LogP contribution < -0.4 is 10.9 Å². The highest BCUT2D eigenvalue weighted by Crippen LogP contribution is 2.23. The van der Waals surface area contributed by atoms with E-state index >= 15 is 0 Å². The lowest BCUT2D eigenvalue weighted by Crippen LogP contribution is -2.33. The number of carbonyl (C=O) groups is 1. The third-order valence-corrected chi connectivity index (χ3v) is 6.02. The molecule has 0 aliphatic carbocycles. The van der Waals surface area contributed by atoms with Gasteiger partial charge < -0.3 is 5.32 Å². The first-order valence-electron chi connectivity index (χ1n) is 10.2. The van der Waals surface area contributed by atoms with Gasteiger partial charge in [-0.3, -0.25) is 14.0 Å². The minimum absolute atomic E-state index is 0.362. The molecule has 0 spiro atoms. The van der Waals surface area contributed by atoms with Gasteiger partial charge in [-0.05, 0) is 49.4 Å². The molecule has 1 amide bonds. The first-order chi connectivity index (χ1) is 16.0. The molecule has 3 aromatic heterocycles. The Bertz CT molecular complexity index is 1470. The lowest BCUT2D eigenvalue weighted by Gasteiger charge is -2.15. The Labute approximate surface area is 191 Å². The van der Waals surface area contributed by atoms with Gasteiger partial charge >= 0.3 is 0 Å². The van der Waals surface area contributed by atoms with Crippen LogP contribution in [0.2, 0.25) is 0 Å². The number of imidazole rings is 1. The number of thiazole rings is 1. The number of amides is 1. The fourth-order valence-corrected chi connectivity index (χ4v) is 4.13. The van der Waals surface area contributed by atoms with Crippen molar-refractivity contribution in [3.63, 3.8) is 0 Å². The van der Waals surface area contributed by atoms with E-state index in [0.29, 0.717) is 16.9 Å². The highest BCUT2D eigenvalue weighted by molar-refractivity contribution is 7.15. The number of benzene rings is 2. The molecular formula is C24H18FN5O2S. The number of rotatable bonds is 5. The van der Waals surface area contributed by atoms with Crippen molar-refractivity contribution < 1.29 is 9.18 Å².